The lowest BCUT2D eigenvalue weighted by atomic mass is 9.52. The number of piperidine rings is 1. The number of likely N-dealkylation sites (tertiary alicyclic amines) is 1. The summed E-state index contributed by atoms with van der Waals surface area (Å²) < 4.78 is 110. The summed E-state index contributed by atoms with van der Waals surface area (Å²) in [4.78, 5) is 14.2. The Kier molecular flexibility index (Phi) is 1.07. The first-order valence-electron chi connectivity index (χ1n) is 13.1. The second-order valence-electron chi connectivity index (χ2n) is 5.95. The molecule has 116 valence electrons. The minimum atomic E-state index is -2.95. The molecular weight excluding hydrogens is 278 g/mol. The molecule has 4 nitrogen and oxygen atoms in total. The molecule has 0 N–H and O–H groups in total. The molecule has 2 heterocycles. The number of hydrogen-bond donors (Lipinski definition) is 0. The first kappa shape index (κ1) is 5.82. The molecule has 1 unspecified atom stereocenters. The number of benzene rings is 1. The molecule has 1 saturated heterocycles. The molecule has 2 aliphatic heterocycles. The second kappa shape index (κ2) is 4.05. The topological polar surface area (TPSA) is 38.8 Å². The Hall–Kier alpha value is -1.55. The molecule has 0 amide bonds. The third-order valence-electron chi connectivity index (χ3n) is 5.11. The summed E-state index contributed by atoms with van der Waals surface area (Å²) >= 11 is 0. The van der Waals surface area contributed by atoms with Gasteiger partial charge in [0, 0.05) is 34.4 Å². The highest BCUT2D eigenvalue weighted by atomic mass is 16.5. The van der Waals surface area contributed by atoms with E-state index in [-0.39, 0.29) is 24.1 Å². The maximum atomic E-state index is 13.3. The predicted molar refractivity (Wildman–Crippen MR) is 81.6 cm³/mol. The Morgan fingerprint density at radius 2 is 2.55 bits per heavy atom. The molecule has 0 aromatic heterocycles. The summed E-state index contributed by atoms with van der Waals surface area (Å²) in [5.41, 5.74) is -2.17. The summed E-state index contributed by atoms with van der Waals surface area (Å²) in [6.07, 6.45) is -9.25. The van der Waals surface area contributed by atoms with Crippen molar-refractivity contribution in [1.29, 1.82) is 0 Å². The van der Waals surface area contributed by atoms with Crippen molar-refractivity contribution in [2.75, 3.05) is 20.6 Å². The van der Waals surface area contributed by atoms with Crippen molar-refractivity contribution in [3.63, 3.8) is 0 Å². The molecule has 0 radical (unpaired) electrons. The maximum absolute atomic E-state index is 13.3. The van der Waals surface area contributed by atoms with Crippen LogP contribution in [0.3, 0.4) is 0 Å². The lowest BCUT2D eigenvalue weighted by molar-refractivity contribution is -0.138. The van der Waals surface area contributed by atoms with Crippen LogP contribution in [0.15, 0.2) is 12.1 Å². The number of ether oxygens (including phenoxy) is 2. The fourth-order valence-electron chi connectivity index (χ4n) is 4.19. The van der Waals surface area contributed by atoms with Gasteiger partial charge < -0.3 is 14.4 Å². The molecule has 4 atom stereocenters. The number of nitrogens with zero attached hydrogens (tertiary/aromatic N) is 1. The van der Waals surface area contributed by atoms with Crippen LogP contribution in [-0.2, 0) is 16.6 Å². The van der Waals surface area contributed by atoms with Crippen LogP contribution in [0.2, 0.25) is 0 Å². The zero-order chi connectivity index (χ0) is 25.5. The zero-order valence-electron chi connectivity index (χ0n) is 23.5. The van der Waals surface area contributed by atoms with Gasteiger partial charge in [0.25, 0.3) is 0 Å². The lowest BCUT2D eigenvalue weighted by Gasteiger charge is -2.57. The van der Waals surface area contributed by atoms with Crippen molar-refractivity contribution in [3.8, 4) is 11.5 Å². The van der Waals surface area contributed by atoms with Gasteiger partial charge in [-0.3, -0.25) is 4.79 Å². The highest BCUT2D eigenvalue weighted by Gasteiger charge is 2.65. The number of ketones is 1. The standard InChI is InChI=1S/C18H21NO3/c1-19-8-7-18-11-4-5-13(20)17(18)22-16-14(21-2)6-3-10(15(16)18)9-12(11)19/h3,6,11-12,17H,4-5,7-9H2,1-2H3/t11-,12+,17?,18-/m0/s1/i1D3,2D3,5D2,9D2,11D,17D. The molecule has 1 aromatic carbocycles. The van der Waals surface area contributed by atoms with Gasteiger partial charge in [-0.05, 0) is 50.3 Å². The number of rotatable bonds is 1. The van der Waals surface area contributed by atoms with Crippen LogP contribution in [0.1, 0.15) is 46.8 Å². The van der Waals surface area contributed by atoms with E-state index in [0.717, 1.165) is 11.0 Å². The average molecular weight is 311 g/mol. The van der Waals surface area contributed by atoms with Gasteiger partial charge in [-0.25, -0.2) is 0 Å². The third-order valence-corrected chi connectivity index (χ3v) is 5.11. The van der Waals surface area contributed by atoms with Crippen molar-refractivity contribution < 1.29 is 30.7 Å². The molecule has 1 saturated carbocycles. The van der Waals surface area contributed by atoms with Gasteiger partial charge in [0.2, 0.25) is 0 Å². The summed E-state index contributed by atoms with van der Waals surface area (Å²) in [6.45, 7) is -3.15. The van der Waals surface area contributed by atoms with E-state index < -0.39 is 73.9 Å². The van der Waals surface area contributed by atoms with Crippen LogP contribution in [0.4, 0.5) is 0 Å². The van der Waals surface area contributed by atoms with E-state index in [4.69, 9.17) is 24.6 Å². The molecule has 2 bridgehead atoms. The Labute approximate surface area is 147 Å². The Balaban J connectivity index is 1.90. The Morgan fingerprint density at radius 1 is 1.59 bits per heavy atom. The summed E-state index contributed by atoms with van der Waals surface area (Å²) in [7, 11) is -2.95. The molecule has 1 aromatic rings. The molecule has 4 heteroatoms. The van der Waals surface area contributed by atoms with E-state index in [0.29, 0.717) is 0 Å². The van der Waals surface area contributed by atoms with E-state index in [1.807, 2.05) is 0 Å². The summed E-state index contributed by atoms with van der Waals surface area (Å²) in [6, 6.07) is 0.576. The monoisotopic (exact) mass is 311 g/mol. The van der Waals surface area contributed by atoms with E-state index in [1.54, 1.807) is 0 Å². The number of carbonyl (C=O) groups is 1. The van der Waals surface area contributed by atoms with Gasteiger partial charge in [0.1, 0.15) is 0 Å². The van der Waals surface area contributed by atoms with E-state index in [9.17, 15) is 6.17 Å². The number of likely N-dealkylation sites (N-methyl/N-ethyl adjacent to an activating group) is 1. The predicted octanol–water partition coefficient (Wildman–Crippen LogP) is 1.93. The first-order valence-corrected chi connectivity index (χ1v) is 7.12. The molecule has 22 heavy (non-hydrogen) atoms. The fraction of sp³-hybridized carbons (Fsp3) is 0.611. The van der Waals surface area contributed by atoms with Crippen LogP contribution >= 0.6 is 0 Å². The highest BCUT2D eigenvalue weighted by Crippen LogP contribution is 2.62. The Morgan fingerprint density at radius 3 is 3.41 bits per heavy atom. The summed E-state index contributed by atoms with van der Waals surface area (Å²) in [5.74, 6) is -4.39. The van der Waals surface area contributed by atoms with E-state index >= 15 is 0 Å². The molecule has 5 rings (SSSR count). The van der Waals surface area contributed by atoms with Crippen LogP contribution < -0.4 is 9.47 Å². The average Bonchev–Trinajstić information content (AvgIpc) is 2.90. The normalized spacial score (nSPS) is 58.9. The van der Waals surface area contributed by atoms with Gasteiger partial charge in [-0.15, -0.1) is 0 Å². The lowest BCUT2D eigenvalue weighted by Crippen LogP contribution is -2.65. The summed E-state index contributed by atoms with van der Waals surface area (Å²) in [5, 5.41) is 0. The number of Topliss-reactive ketones (excluding diaryl/α,β-unsaturated/α-hetero) is 1. The van der Waals surface area contributed by atoms with Gasteiger partial charge in [-0.1, -0.05) is 6.07 Å². The van der Waals surface area contributed by atoms with Gasteiger partial charge in [0.05, 0.1) is 12.5 Å². The van der Waals surface area contributed by atoms with Gasteiger partial charge in [0.15, 0.2) is 23.4 Å². The van der Waals surface area contributed by atoms with Crippen molar-refractivity contribution in [1.82, 2.24) is 4.90 Å². The number of hydrogen-bond acceptors (Lipinski definition) is 4. The minimum Gasteiger partial charge on any atom is -0.493 e. The quantitative estimate of drug-likeness (QED) is 0.794. The molecule has 4 aliphatic rings. The van der Waals surface area contributed by atoms with Crippen LogP contribution in [0.5, 0.6) is 11.5 Å². The molecule has 2 fully saturated rings. The molecule has 1 spiro atoms. The fourth-order valence-corrected chi connectivity index (χ4v) is 4.19. The second-order valence-corrected chi connectivity index (χ2v) is 5.95. The molecular formula is C18H21NO3. The maximum Gasteiger partial charge on any atom is 0.174 e. The first-order chi connectivity index (χ1) is 15.2. The largest absolute Gasteiger partial charge is 0.493 e. The zero-order valence-corrected chi connectivity index (χ0v) is 11.5. The van der Waals surface area contributed by atoms with Gasteiger partial charge >= 0.3 is 0 Å². The van der Waals surface area contributed by atoms with Crippen molar-refractivity contribution >= 4 is 5.78 Å². The van der Waals surface area contributed by atoms with Crippen LogP contribution in [0, 0.1) is 5.89 Å². The third kappa shape index (κ3) is 1.27. The van der Waals surface area contributed by atoms with Crippen molar-refractivity contribution in [3.05, 3.63) is 23.3 Å². The van der Waals surface area contributed by atoms with E-state index in [1.165, 1.54) is 6.07 Å². The SMILES string of the molecule is [2H]C([2H])([2H])Oc1ccc2c3c1OC1([2H])C(=O)C([2H])([2H])C[C@@]4([2H])[C@H](N(C([2H])([2H])[2H])CC[C@]314)C2([2H])[2H]. The van der Waals surface area contributed by atoms with Crippen LogP contribution in [0.25, 0.3) is 0 Å². The number of carbonyl (C=O) groups excluding carboxylic acids is 1. The number of methoxy groups -OCH3 is 1. The highest BCUT2D eigenvalue weighted by molar-refractivity contribution is 5.89. The van der Waals surface area contributed by atoms with E-state index in [2.05, 4.69) is 0 Å². The Bertz CT molecular complexity index is 1120. The smallest absolute Gasteiger partial charge is 0.174 e. The van der Waals surface area contributed by atoms with Crippen molar-refractivity contribution in [2.45, 2.75) is 43.1 Å². The molecule has 2 aliphatic carbocycles. The van der Waals surface area contributed by atoms with Crippen LogP contribution in [-0.4, -0.2) is 43.4 Å². The minimum absolute atomic E-state index is 0.0884. The van der Waals surface area contributed by atoms with Gasteiger partial charge in [-0.2, -0.15) is 0 Å². The van der Waals surface area contributed by atoms with Crippen molar-refractivity contribution in [2.24, 2.45) is 5.89 Å².